The molecule has 2 amide bonds. The predicted octanol–water partition coefficient (Wildman–Crippen LogP) is -0.695. The Kier molecular flexibility index (Phi) is 7.04. The van der Waals surface area contributed by atoms with E-state index >= 15 is 0 Å². The lowest BCUT2D eigenvalue weighted by atomic mass is 9.99. The van der Waals surface area contributed by atoms with Gasteiger partial charge in [0, 0.05) is 9.75 Å². The summed E-state index contributed by atoms with van der Waals surface area (Å²) in [6.45, 7) is 12.2. The van der Waals surface area contributed by atoms with Gasteiger partial charge in [-0.15, -0.1) is 15.6 Å². The van der Waals surface area contributed by atoms with Crippen molar-refractivity contribution in [3.05, 3.63) is 21.4 Å². The number of nitrogens with one attached hydrogen (secondary N) is 1. The summed E-state index contributed by atoms with van der Waals surface area (Å²) in [5.74, 6) is -1.46. The third-order valence-electron chi connectivity index (χ3n) is 4.82. The van der Waals surface area contributed by atoms with Crippen LogP contribution in [0.25, 0.3) is 0 Å². The standard InChI is InChI=1S/C10H10N2O7S2.C6H15N/c1-4-2-5-6-3-11(7(9(13)14)8(5)20-4)10(15)12(6)19-21(16,17)18;1-4-7(5-2)6-3/h2,6-7H,3H2,1H3,(H,13,14)(H,16,17,18);4-6H2,1-3H3/t6-,7+;/m1./s1. The minimum atomic E-state index is -4.89. The van der Waals surface area contributed by atoms with Gasteiger partial charge in [0.15, 0.2) is 0 Å². The van der Waals surface area contributed by atoms with E-state index in [1.807, 2.05) is 0 Å². The summed E-state index contributed by atoms with van der Waals surface area (Å²) in [5, 5.41) is 11.8. The number of amides is 2. The Morgan fingerprint density at radius 2 is 1.93 bits per heavy atom. The van der Waals surface area contributed by atoms with E-state index in [1.165, 1.54) is 31.0 Å². The van der Waals surface area contributed by atoms with E-state index in [4.69, 9.17) is 4.55 Å². The molecule has 1 aromatic heterocycles. The summed E-state index contributed by atoms with van der Waals surface area (Å²) in [4.78, 5) is 27.3. The van der Waals surface area contributed by atoms with Crippen molar-refractivity contribution in [2.24, 2.45) is 0 Å². The van der Waals surface area contributed by atoms with Crippen LogP contribution < -0.4 is 10.0 Å². The van der Waals surface area contributed by atoms with Crippen LogP contribution in [0.15, 0.2) is 6.07 Å². The number of urea groups is 1. The van der Waals surface area contributed by atoms with Crippen LogP contribution >= 0.6 is 11.3 Å². The number of fused-ring (bicyclic) bond motifs is 4. The second-order valence-corrected chi connectivity index (χ2v) is 8.78. The quantitative estimate of drug-likeness (QED) is 0.565. The SMILES string of the molecule is CC[NH+](CC)CC.Cc1cc2c(s1)[C@@H](C(=O)[O-])N1C[C@H]2N(OS(=O)(=O)O)C1=O. The van der Waals surface area contributed by atoms with E-state index in [0.717, 1.165) is 9.78 Å². The maximum absolute atomic E-state index is 12.1. The number of hydroxylamine groups is 2. The van der Waals surface area contributed by atoms with Gasteiger partial charge in [0.25, 0.3) is 0 Å². The van der Waals surface area contributed by atoms with Crippen molar-refractivity contribution in [1.82, 2.24) is 9.96 Å². The summed E-state index contributed by atoms with van der Waals surface area (Å²) in [6.07, 6.45) is 0. The third-order valence-corrected chi connectivity index (χ3v) is 6.29. The van der Waals surface area contributed by atoms with Crippen LogP contribution in [0.3, 0.4) is 0 Å². The summed E-state index contributed by atoms with van der Waals surface area (Å²) >= 11 is 1.19. The number of carboxylic acid groups (broad SMARTS) is 1. The molecular weight excluding hydrogens is 410 g/mol. The zero-order valence-corrected chi connectivity index (χ0v) is 17.8. The van der Waals surface area contributed by atoms with Gasteiger partial charge in [-0.3, -0.25) is 4.55 Å². The van der Waals surface area contributed by atoms with Crippen LogP contribution in [-0.2, 0) is 19.5 Å². The molecule has 158 valence electrons. The van der Waals surface area contributed by atoms with Gasteiger partial charge < -0.3 is 19.7 Å². The first-order valence-corrected chi connectivity index (χ1v) is 11.1. The molecule has 2 bridgehead atoms. The molecular formula is C16H25N3O7S2. The number of thiophene rings is 1. The average molecular weight is 436 g/mol. The van der Waals surface area contributed by atoms with Crippen molar-refractivity contribution >= 4 is 33.7 Å². The highest BCUT2D eigenvalue weighted by molar-refractivity contribution is 7.80. The minimum Gasteiger partial charge on any atom is -0.547 e. The highest BCUT2D eigenvalue weighted by atomic mass is 32.3. The van der Waals surface area contributed by atoms with Crippen LogP contribution in [0, 0.1) is 6.92 Å². The number of rotatable bonds is 6. The molecule has 2 aliphatic rings. The number of hydrogen-bond acceptors (Lipinski definition) is 7. The van der Waals surface area contributed by atoms with Crippen molar-refractivity contribution in [3.63, 3.8) is 0 Å². The molecule has 2 N–H and O–H groups in total. The number of aryl methyl sites for hydroxylation is 1. The van der Waals surface area contributed by atoms with Gasteiger partial charge in [-0.1, -0.05) is 0 Å². The van der Waals surface area contributed by atoms with Gasteiger partial charge in [-0.25, -0.2) is 4.79 Å². The fraction of sp³-hybridized carbons (Fsp3) is 0.625. The van der Waals surface area contributed by atoms with Crippen molar-refractivity contribution in [2.45, 2.75) is 39.8 Å². The van der Waals surface area contributed by atoms with Gasteiger partial charge >= 0.3 is 16.4 Å². The Bertz CT molecular complexity index is 830. The molecule has 0 spiro atoms. The molecule has 3 heterocycles. The third kappa shape index (κ3) is 4.63. The van der Waals surface area contributed by atoms with Crippen molar-refractivity contribution in [2.75, 3.05) is 26.2 Å². The Balaban J connectivity index is 0.000000345. The molecule has 2 atom stereocenters. The molecule has 0 radical (unpaired) electrons. The second-order valence-electron chi connectivity index (χ2n) is 6.49. The number of carbonyl (C=O) groups is 2. The minimum absolute atomic E-state index is 0.0594. The smallest absolute Gasteiger partial charge is 0.418 e. The molecule has 0 aliphatic carbocycles. The lowest BCUT2D eigenvalue weighted by Crippen LogP contribution is -3.11. The Morgan fingerprint density at radius 1 is 1.36 bits per heavy atom. The maximum Gasteiger partial charge on any atom is 0.418 e. The molecule has 1 saturated heterocycles. The van der Waals surface area contributed by atoms with E-state index in [2.05, 4.69) is 25.1 Å². The maximum atomic E-state index is 12.1. The Labute approximate surface area is 168 Å². The predicted molar refractivity (Wildman–Crippen MR) is 98.7 cm³/mol. The Morgan fingerprint density at radius 3 is 2.36 bits per heavy atom. The molecule has 10 nitrogen and oxygen atoms in total. The van der Waals surface area contributed by atoms with E-state index in [0.29, 0.717) is 15.5 Å². The van der Waals surface area contributed by atoms with Gasteiger partial charge in [0.2, 0.25) is 0 Å². The van der Waals surface area contributed by atoms with Gasteiger partial charge in [0.1, 0.15) is 12.1 Å². The van der Waals surface area contributed by atoms with Crippen LogP contribution in [0.1, 0.15) is 48.2 Å². The molecule has 3 rings (SSSR count). The molecule has 0 saturated carbocycles. The number of hydrogen-bond donors (Lipinski definition) is 2. The molecule has 0 aromatic carbocycles. The van der Waals surface area contributed by atoms with E-state index in [-0.39, 0.29) is 6.54 Å². The molecule has 1 fully saturated rings. The highest BCUT2D eigenvalue weighted by Gasteiger charge is 2.51. The number of nitrogens with zero attached hydrogens (tertiary/aromatic N) is 2. The van der Waals surface area contributed by atoms with Gasteiger partial charge in [0.05, 0.1) is 32.1 Å². The zero-order chi connectivity index (χ0) is 21.2. The lowest BCUT2D eigenvalue weighted by Gasteiger charge is -2.30. The average Bonchev–Trinajstić information content (AvgIpc) is 3.10. The largest absolute Gasteiger partial charge is 0.547 e. The Hall–Kier alpha value is -1.73. The van der Waals surface area contributed by atoms with Crippen LogP contribution in [0.2, 0.25) is 0 Å². The van der Waals surface area contributed by atoms with E-state index < -0.39 is 34.5 Å². The lowest BCUT2D eigenvalue weighted by molar-refractivity contribution is -0.894. The van der Waals surface area contributed by atoms with Crippen molar-refractivity contribution in [1.29, 1.82) is 0 Å². The summed E-state index contributed by atoms with van der Waals surface area (Å²) in [7, 11) is -4.89. The van der Waals surface area contributed by atoms with Crippen molar-refractivity contribution in [3.8, 4) is 0 Å². The molecule has 12 heteroatoms. The zero-order valence-electron chi connectivity index (χ0n) is 16.2. The number of carboxylic acids is 1. The molecule has 0 unspecified atom stereocenters. The number of quaternary nitrogens is 1. The first kappa shape index (κ1) is 22.6. The van der Waals surface area contributed by atoms with Crippen molar-refractivity contribution < 1.29 is 36.8 Å². The van der Waals surface area contributed by atoms with E-state index in [9.17, 15) is 23.1 Å². The summed E-state index contributed by atoms with van der Waals surface area (Å²) < 4.78 is 34.7. The van der Waals surface area contributed by atoms with Gasteiger partial charge in [-0.05, 0) is 39.3 Å². The molecule has 2 aliphatic heterocycles. The highest BCUT2D eigenvalue weighted by Crippen LogP contribution is 2.47. The molecule has 28 heavy (non-hydrogen) atoms. The topological polar surface area (TPSA) is 132 Å². The first-order chi connectivity index (χ1) is 13.0. The fourth-order valence-electron chi connectivity index (χ4n) is 3.38. The number of carbonyl (C=O) groups excluding carboxylic acids is 2. The second kappa shape index (κ2) is 8.74. The fourth-order valence-corrected chi connectivity index (χ4v) is 4.93. The van der Waals surface area contributed by atoms with Gasteiger partial charge in [-0.2, -0.15) is 13.5 Å². The number of aliphatic carboxylic acids is 1. The van der Waals surface area contributed by atoms with Crippen LogP contribution in [0.5, 0.6) is 0 Å². The molecule has 1 aromatic rings. The van der Waals surface area contributed by atoms with Crippen LogP contribution in [-0.4, -0.2) is 61.1 Å². The summed E-state index contributed by atoms with van der Waals surface area (Å²) in [6, 6.07) is -1.38. The monoisotopic (exact) mass is 435 g/mol. The van der Waals surface area contributed by atoms with Crippen LogP contribution in [0.4, 0.5) is 4.79 Å². The summed E-state index contributed by atoms with van der Waals surface area (Å²) in [5.41, 5.74) is 0.484. The first-order valence-electron chi connectivity index (χ1n) is 8.95. The van der Waals surface area contributed by atoms with E-state index in [1.54, 1.807) is 17.9 Å². The normalized spacial score (nSPS) is 20.9.